The zero-order valence-electron chi connectivity index (χ0n) is 10.2. The van der Waals surface area contributed by atoms with Crippen molar-refractivity contribution in [2.24, 2.45) is 10.9 Å². The number of amides is 1. The zero-order chi connectivity index (χ0) is 12.6. The molecule has 0 unspecified atom stereocenters. The molecule has 0 fully saturated rings. The lowest BCUT2D eigenvalue weighted by Crippen LogP contribution is -2.23. The van der Waals surface area contributed by atoms with Crippen molar-refractivity contribution in [3.63, 3.8) is 0 Å². The number of hydrogen-bond donors (Lipinski definition) is 2. The first kappa shape index (κ1) is 11.5. The number of benzene rings is 1. The van der Waals surface area contributed by atoms with E-state index < -0.39 is 0 Å². The number of nitrogens with zero attached hydrogens (tertiary/aromatic N) is 1. The molecule has 0 saturated heterocycles. The minimum absolute atomic E-state index is 0.0493. The van der Waals surface area contributed by atoms with E-state index in [0.29, 0.717) is 11.4 Å². The molecule has 4 heteroatoms. The molecule has 88 valence electrons. The van der Waals surface area contributed by atoms with Crippen LogP contribution in [0.4, 0.5) is 0 Å². The van der Waals surface area contributed by atoms with Gasteiger partial charge in [-0.3, -0.25) is 10.2 Å². The van der Waals surface area contributed by atoms with Crippen LogP contribution < -0.4 is 5.32 Å². The molecule has 1 heterocycles. The summed E-state index contributed by atoms with van der Waals surface area (Å²) in [6.07, 6.45) is 0. The van der Waals surface area contributed by atoms with Crippen LogP contribution in [0.15, 0.2) is 23.2 Å². The summed E-state index contributed by atoms with van der Waals surface area (Å²) in [6, 6.07) is 5.61. The van der Waals surface area contributed by atoms with E-state index in [2.05, 4.69) is 10.3 Å². The number of aryl methyl sites for hydroxylation is 1. The maximum Gasteiger partial charge on any atom is 0.257 e. The number of nitrogens with one attached hydrogen (secondary N) is 2. The normalized spacial score (nSPS) is 16.2. The van der Waals surface area contributed by atoms with Crippen molar-refractivity contribution in [3.05, 3.63) is 34.9 Å². The first-order valence-corrected chi connectivity index (χ1v) is 5.58. The van der Waals surface area contributed by atoms with E-state index in [-0.39, 0.29) is 17.7 Å². The second kappa shape index (κ2) is 4.13. The van der Waals surface area contributed by atoms with Gasteiger partial charge in [0.05, 0.1) is 5.56 Å². The Morgan fingerprint density at radius 3 is 2.71 bits per heavy atom. The van der Waals surface area contributed by atoms with E-state index in [0.717, 1.165) is 11.1 Å². The minimum atomic E-state index is -0.143. The molecule has 1 aromatic rings. The molecule has 0 saturated carbocycles. The summed E-state index contributed by atoms with van der Waals surface area (Å²) in [5, 5.41) is 10.4. The Kier molecular flexibility index (Phi) is 2.79. The third kappa shape index (κ3) is 2.11. The van der Waals surface area contributed by atoms with Crippen LogP contribution in [-0.4, -0.2) is 17.6 Å². The number of hydrogen-bond acceptors (Lipinski definition) is 2. The van der Waals surface area contributed by atoms with Crippen molar-refractivity contribution >= 4 is 17.6 Å². The Morgan fingerprint density at radius 1 is 1.35 bits per heavy atom. The molecule has 2 N–H and O–H groups in total. The van der Waals surface area contributed by atoms with Gasteiger partial charge in [-0.25, -0.2) is 4.99 Å². The summed E-state index contributed by atoms with van der Waals surface area (Å²) in [4.78, 5) is 15.9. The molecule has 17 heavy (non-hydrogen) atoms. The molecular weight excluding hydrogens is 214 g/mol. The standard InChI is InChI=1S/C13H15N3O/c1-7(2)11(14)15-12-10-6-8(3)4-5-9(10)13(17)16-12/h4-7H,1-3H3,(H2,14,15,16,17). The molecule has 0 bridgehead atoms. The van der Waals surface area contributed by atoms with Crippen molar-refractivity contribution < 1.29 is 4.79 Å². The van der Waals surface area contributed by atoms with Gasteiger partial charge in [-0.1, -0.05) is 25.5 Å². The van der Waals surface area contributed by atoms with Crippen molar-refractivity contribution in [1.82, 2.24) is 5.32 Å². The molecular formula is C13H15N3O. The lowest BCUT2D eigenvalue weighted by molar-refractivity contribution is 0.0983. The second-order valence-electron chi connectivity index (χ2n) is 4.50. The highest BCUT2D eigenvalue weighted by atomic mass is 16.2. The summed E-state index contributed by atoms with van der Waals surface area (Å²) in [7, 11) is 0. The lowest BCUT2D eigenvalue weighted by Gasteiger charge is -2.04. The third-order valence-corrected chi connectivity index (χ3v) is 2.69. The maximum atomic E-state index is 11.7. The second-order valence-corrected chi connectivity index (χ2v) is 4.50. The minimum Gasteiger partial charge on any atom is -0.306 e. The predicted octanol–water partition coefficient (Wildman–Crippen LogP) is 2.12. The van der Waals surface area contributed by atoms with Crippen LogP contribution in [0.5, 0.6) is 0 Å². The molecule has 0 atom stereocenters. The Balaban J connectivity index is 2.46. The zero-order valence-corrected chi connectivity index (χ0v) is 10.2. The van der Waals surface area contributed by atoms with Gasteiger partial charge in [-0.15, -0.1) is 0 Å². The molecule has 0 aliphatic carbocycles. The molecule has 0 spiro atoms. The van der Waals surface area contributed by atoms with Crippen molar-refractivity contribution in [2.75, 3.05) is 0 Å². The monoisotopic (exact) mass is 229 g/mol. The summed E-state index contributed by atoms with van der Waals surface area (Å²) in [6.45, 7) is 5.77. The Bertz CT molecular complexity index is 529. The summed E-state index contributed by atoms with van der Waals surface area (Å²) in [5.41, 5.74) is 2.50. The SMILES string of the molecule is Cc1ccc2c(c1)C(=NC(=N)C(C)C)NC2=O. The topological polar surface area (TPSA) is 65.3 Å². The number of carbonyl (C=O) groups is 1. The van der Waals surface area contributed by atoms with E-state index in [4.69, 9.17) is 5.41 Å². The smallest absolute Gasteiger partial charge is 0.257 e. The molecule has 0 radical (unpaired) electrons. The highest BCUT2D eigenvalue weighted by molar-refractivity contribution is 6.25. The molecule has 1 aromatic carbocycles. The number of amidine groups is 2. The van der Waals surface area contributed by atoms with Gasteiger partial charge in [0.25, 0.3) is 5.91 Å². The molecule has 4 nitrogen and oxygen atoms in total. The maximum absolute atomic E-state index is 11.7. The largest absolute Gasteiger partial charge is 0.306 e. The number of rotatable bonds is 1. The molecule has 2 rings (SSSR count). The van der Waals surface area contributed by atoms with Crippen LogP contribution in [0.3, 0.4) is 0 Å². The Morgan fingerprint density at radius 2 is 2.06 bits per heavy atom. The van der Waals surface area contributed by atoms with E-state index in [9.17, 15) is 4.79 Å². The third-order valence-electron chi connectivity index (χ3n) is 2.69. The summed E-state index contributed by atoms with van der Waals surface area (Å²) < 4.78 is 0. The van der Waals surface area contributed by atoms with Crippen LogP contribution in [0.25, 0.3) is 0 Å². The van der Waals surface area contributed by atoms with Crippen molar-refractivity contribution in [1.29, 1.82) is 5.41 Å². The van der Waals surface area contributed by atoms with E-state index >= 15 is 0 Å². The van der Waals surface area contributed by atoms with Gasteiger partial charge in [-0.05, 0) is 19.1 Å². The van der Waals surface area contributed by atoms with Crippen molar-refractivity contribution in [2.45, 2.75) is 20.8 Å². The van der Waals surface area contributed by atoms with Gasteiger partial charge in [0, 0.05) is 11.5 Å². The number of aliphatic imine (C=N–C) groups is 1. The Hall–Kier alpha value is -1.97. The average Bonchev–Trinajstić information content (AvgIpc) is 2.55. The Labute approximate surface area is 100 Å². The fourth-order valence-electron chi connectivity index (χ4n) is 1.63. The van der Waals surface area contributed by atoms with Gasteiger partial charge in [0.15, 0.2) is 0 Å². The van der Waals surface area contributed by atoms with Gasteiger partial charge in [0.1, 0.15) is 11.7 Å². The van der Waals surface area contributed by atoms with Gasteiger partial charge in [0.2, 0.25) is 0 Å². The molecule has 1 aliphatic heterocycles. The van der Waals surface area contributed by atoms with E-state index in [1.54, 1.807) is 6.07 Å². The highest BCUT2D eigenvalue weighted by Crippen LogP contribution is 2.18. The average molecular weight is 229 g/mol. The number of carbonyl (C=O) groups excluding carboxylic acids is 1. The highest BCUT2D eigenvalue weighted by Gasteiger charge is 2.25. The molecule has 1 amide bonds. The van der Waals surface area contributed by atoms with E-state index in [1.807, 2.05) is 32.9 Å². The molecule has 1 aliphatic rings. The fourth-order valence-corrected chi connectivity index (χ4v) is 1.63. The van der Waals surface area contributed by atoms with Crippen molar-refractivity contribution in [3.8, 4) is 0 Å². The van der Waals surface area contributed by atoms with Crippen LogP contribution in [0.2, 0.25) is 0 Å². The first-order chi connectivity index (χ1) is 7.99. The predicted molar refractivity (Wildman–Crippen MR) is 67.7 cm³/mol. The lowest BCUT2D eigenvalue weighted by atomic mass is 10.1. The van der Waals surface area contributed by atoms with Crippen LogP contribution in [0.1, 0.15) is 35.3 Å². The van der Waals surface area contributed by atoms with Gasteiger partial charge in [-0.2, -0.15) is 0 Å². The van der Waals surface area contributed by atoms with Gasteiger partial charge < -0.3 is 5.32 Å². The van der Waals surface area contributed by atoms with Crippen LogP contribution >= 0.6 is 0 Å². The van der Waals surface area contributed by atoms with Crippen LogP contribution in [-0.2, 0) is 0 Å². The fraction of sp³-hybridized carbons (Fsp3) is 0.308. The number of fused-ring (bicyclic) bond motifs is 1. The van der Waals surface area contributed by atoms with Crippen LogP contribution in [0, 0.1) is 18.3 Å². The molecule has 0 aromatic heterocycles. The summed E-state index contributed by atoms with van der Waals surface area (Å²) in [5.74, 6) is 0.672. The quantitative estimate of drug-likeness (QED) is 0.562. The summed E-state index contributed by atoms with van der Waals surface area (Å²) >= 11 is 0. The first-order valence-electron chi connectivity index (χ1n) is 5.58. The van der Waals surface area contributed by atoms with Gasteiger partial charge >= 0.3 is 0 Å². The van der Waals surface area contributed by atoms with E-state index in [1.165, 1.54) is 0 Å².